The van der Waals surface area contributed by atoms with Crippen molar-refractivity contribution in [1.82, 2.24) is 19.5 Å². The number of aromatic nitrogens is 4. The number of thiophene rings is 1. The lowest BCUT2D eigenvalue weighted by Crippen LogP contribution is -2.04. The summed E-state index contributed by atoms with van der Waals surface area (Å²) in [5.74, 6) is 2.11. The van der Waals surface area contributed by atoms with E-state index in [2.05, 4.69) is 162 Å². The minimum Gasteiger partial charge on any atom is -0.309 e. The third-order valence-corrected chi connectivity index (χ3v) is 10.8. The molecule has 0 atom stereocenters. The lowest BCUT2D eigenvalue weighted by Gasteiger charge is -2.13. The van der Waals surface area contributed by atoms with Gasteiger partial charge in [-0.05, 0) is 84.1 Å². The SMILES string of the molecule is C1=CCCC(c2nc(-c3ccc4c(c3)c3ccccc3n4-c3ccccc3)nc(-c3cc(-c4ccccc4)cc4sc5ccccc5c34)n2)=C1. The van der Waals surface area contributed by atoms with Gasteiger partial charge in [-0.15, -0.1) is 11.3 Å². The minimum absolute atomic E-state index is 0.677. The Kier molecular flexibility index (Phi) is 6.78. The van der Waals surface area contributed by atoms with Crippen LogP contribution in [0.15, 0.2) is 158 Å². The molecule has 0 saturated carbocycles. The number of allylic oxidation sites excluding steroid dienone is 4. The lowest BCUT2D eigenvalue weighted by molar-refractivity contribution is 0.979. The summed E-state index contributed by atoms with van der Waals surface area (Å²) in [4.78, 5) is 15.8. The smallest absolute Gasteiger partial charge is 0.164 e. The number of rotatable bonds is 5. The molecular weight excluding hydrogens is 629 g/mol. The molecule has 0 fully saturated rings. The second-order valence-electron chi connectivity index (χ2n) is 12.7. The molecule has 0 saturated heterocycles. The van der Waals surface area contributed by atoms with E-state index >= 15 is 0 Å². The van der Waals surface area contributed by atoms with Crippen molar-refractivity contribution in [2.24, 2.45) is 0 Å². The fourth-order valence-corrected chi connectivity index (χ4v) is 8.52. The third-order valence-electron chi connectivity index (χ3n) is 9.71. The predicted molar refractivity (Wildman–Crippen MR) is 210 cm³/mol. The largest absolute Gasteiger partial charge is 0.309 e. The number of nitrogens with zero attached hydrogens (tertiary/aromatic N) is 4. The molecule has 0 aliphatic heterocycles. The molecule has 3 aromatic heterocycles. The van der Waals surface area contributed by atoms with Crippen molar-refractivity contribution in [3.8, 4) is 39.6 Å². The zero-order valence-electron chi connectivity index (χ0n) is 27.1. The van der Waals surface area contributed by atoms with Gasteiger partial charge in [0.05, 0.1) is 11.0 Å². The van der Waals surface area contributed by atoms with E-state index < -0.39 is 0 Å². The van der Waals surface area contributed by atoms with Gasteiger partial charge in [0, 0.05) is 47.8 Å². The molecule has 3 heterocycles. The Morgan fingerprint density at radius 3 is 2.08 bits per heavy atom. The Hall–Kier alpha value is -6.17. The van der Waals surface area contributed by atoms with Gasteiger partial charge < -0.3 is 4.57 Å². The van der Waals surface area contributed by atoms with Crippen molar-refractivity contribution >= 4 is 58.9 Å². The van der Waals surface area contributed by atoms with Crippen LogP contribution in [-0.4, -0.2) is 19.5 Å². The summed E-state index contributed by atoms with van der Waals surface area (Å²) in [5.41, 5.74) is 8.90. The van der Waals surface area contributed by atoms with Gasteiger partial charge in [0.25, 0.3) is 0 Å². The average Bonchev–Trinajstić information content (AvgIpc) is 3.74. The standard InChI is InChI=1S/C45H30N4S/c1-4-14-29(15-5-1)32-27-37(42-35-21-11-13-23-40(35)50-41(42)28-32)45-47-43(30-16-6-2-7-17-30)46-44(48-45)31-24-25-39-36(26-31)34-20-10-12-22-38(34)49(39)33-18-8-3-9-19-33/h1-6,8-16,18-28H,7,17H2. The third kappa shape index (κ3) is 4.78. The van der Waals surface area contributed by atoms with E-state index in [1.807, 2.05) is 11.3 Å². The quantitative estimate of drug-likeness (QED) is 0.185. The van der Waals surface area contributed by atoms with Crippen molar-refractivity contribution in [3.63, 3.8) is 0 Å². The monoisotopic (exact) mass is 658 g/mol. The summed E-state index contributed by atoms with van der Waals surface area (Å²) < 4.78 is 4.82. The molecule has 236 valence electrons. The Morgan fingerprint density at radius 1 is 0.520 bits per heavy atom. The molecule has 0 bridgehead atoms. The molecule has 5 heteroatoms. The van der Waals surface area contributed by atoms with Crippen molar-refractivity contribution in [3.05, 3.63) is 164 Å². The predicted octanol–water partition coefficient (Wildman–Crippen LogP) is 12.1. The maximum Gasteiger partial charge on any atom is 0.164 e. The van der Waals surface area contributed by atoms with E-state index in [4.69, 9.17) is 15.0 Å². The van der Waals surface area contributed by atoms with Crippen LogP contribution in [0.5, 0.6) is 0 Å². The summed E-state index contributed by atoms with van der Waals surface area (Å²) in [6, 6.07) is 49.6. The van der Waals surface area contributed by atoms with Crippen LogP contribution >= 0.6 is 11.3 Å². The Balaban J connectivity index is 1.24. The van der Waals surface area contributed by atoms with Gasteiger partial charge in [0.1, 0.15) is 0 Å². The van der Waals surface area contributed by atoms with E-state index in [9.17, 15) is 0 Å². The van der Waals surface area contributed by atoms with Crippen LogP contribution in [0.25, 0.3) is 87.1 Å². The molecule has 0 amide bonds. The van der Waals surface area contributed by atoms with E-state index in [1.165, 1.54) is 42.0 Å². The van der Waals surface area contributed by atoms with Crippen molar-refractivity contribution in [1.29, 1.82) is 0 Å². The minimum atomic E-state index is 0.677. The highest BCUT2D eigenvalue weighted by Crippen LogP contribution is 2.43. The zero-order chi connectivity index (χ0) is 33.0. The van der Waals surface area contributed by atoms with Crippen molar-refractivity contribution in [2.45, 2.75) is 12.8 Å². The molecular formula is C45H30N4S. The Labute approximate surface area is 293 Å². The summed E-state index contributed by atoms with van der Waals surface area (Å²) >= 11 is 1.82. The molecule has 50 heavy (non-hydrogen) atoms. The van der Waals surface area contributed by atoms with Gasteiger partial charge in [-0.1, -0.05) is 103 Å². The maximum absolute atomic E-state index is 5.32. The van der Waals surface area contributed by atoms with E-state index in [1.54, 1.807) is 0 Å². The first-order valence-corrected chi connectivity index (χ1v) is 17.8. The molecule has 4 nitrogen and oxygen atoms in total. The topological polar surface area (TPSA) is 43.6 Å². The highest BCUT2D eigenvalue weighted by atomic mass is 32.1. The van der Waals surface area contributed by atoms with E-state index in [0.29, 0.717) is 11.6 Å². The number of para-hydroxylation sites is 2. The molecule has 9 aromatic rings. The number of fused-ring (bicyclic) bond motifs is 6. The average molecular weight is 659 g/mol. The van der Waals surface area contributed by atoms with Crippen LogP contribution in [0.1, 0.15) is 18.7 Å². The molecule has 6 aromatic carbocycles. The number of hydrogen-bond donors (Lipinski definition) is 0. The summed E-state index contributed by atoms with van der Waals surface area (Å²) in [5, 5.41) is 4.78. The van der Waals surface area contributed by atoms with Gasteiger partial charge in [0.15, 0.2) is 17.5 Å². The van der Waals surface area contributed by atoms with Gasteiger partial charge in [-0.25, -0.2) is 15.0 Å². The fourth-order valence-electron chi connectivity index (χ4n) is 7.35. The molecule has 0 N–H and O–H groups in total. The van der Waals surface area contributed by atoms with Crippen LogP contribution in [0.3, 0.4) is 0 Å². The van der Waals surface area contributed by atoms with Crippen molar-refractivity contribution in [2.75, 3.05) is 0 Å². The first kappa shape index (κ1) is 28.8. The molecule has 1 aliphatic rings. The van der Waals surface area contributed by atoms with Crippen LogP contribution in [0.2, 0.25) is 0 Å². The highest BCUT2D eigenvalue weighted by Gasteiger charge is 2.20. The van der Waals surface area contributed by atoms with E-state index in [-0.39, 0.29) is 0 Å². The first-order valence-electron chi connectivity index (χ1n) is 17.0. The summed E-state index contributed by atoms with van der Waals surface area (Å²) in [6.07, 6.45) is 8.33. The highest BCUT2D eigenvalue weighted by molar-refractivity contribution is 7.26. The Bertz CT molecular complexity index is 2810. The second-order valence-corrected chi connectivity index (χ2v) is 13.8. The zero-order valence-corrected chi connectivity index (χ0v) is 27.9. The van der Waals surface area contributed by atoms with Crippen LogP contribution < -0.4 is 0 Å². The molecule has 0 spiro atoms. The normalized spacial score (nSPS) is 13.1. The fraction of sp³-hybridized carbons (Fsp3) is 0.0444. The molecule has 0 radical (unpaired) electrons. The maximum atomic E-state index is 5.32. The van der Waals surface area contributed by atoms with Crippen LogP contribution in [0, 0.1) is 0 Å². The van der Waals surface area contributed by atoms with Gasteiger partial charge >= 0.3 is 0 Å². The summed E-state index contributed by atoms with van der Waals surface area (Å²) in [7, 11) is 0. The van der Waals surface area contributed by atoms with Crippen LogP contribution in [-0.2, 0) is 0 Å². The van der Waals surface area contributed by atoms with Crippen molar-refractivity contribution < 1.29 is 0 Å². The molecule has 0 unspecified atom stereocenters. The van der Waals surface area contributed by atoms with E-state index in [0.717, 1.165) is 52.1 Å². The summed E-state index contributed by atoms with van der Waals surface area (Å²) in [6.45, 7) is 0. The van der Waals surface area contributed by atoms with Crippen LogP contribution in [0.4, 0.5) is 0 Å². The molecule has 1 aliphatic carbocycles. The first-order chi connectivity index (χ1) is 24.8. The lowest BCUT2D eigenvalue weighted by atomic mass is 9.98. The van der Waals surface area contributed by atoms with Gasteiger partial charge in [0.2, 0.25) is 0 Å². The van der Waals surface area contributed by atoms with Gasteiger partial charge in [-0.3, -0.25) is 0 Å². The Morgan fingerprint density at radius 2 is 1.24 bits per heavy atom. The second kappa shape index (κ2) is 11.8. The molecule has 10 rings (SSSR count). The van der Waals surface area contributed by atoms with Gasteiger partial charge in [-0.2, -0.15) is 0 Å². The number of hydrogen-bond acceptors (Lipinski definition) is 4. The number of benzene rings is 6.